The van der Waals surface area contributed by atoms with E-state index in [0.29, 0.717) is 18.4 Å². The van der Waals surface area contributed by atoms with Crippen molar-refractivity contribution in [3.63, 3.8) is 0 Å². The SMILES string of the molecule is c1cc(CNc2ncc(-c3cnccn3)c(C3CC3)n2)ccn1. The second-order valence-electron chi connectivity index (χ2n) is 5.57. The molecule has 0 saturated heterocycles. The molecule has 3 aromatic heterocycles. The highest BCUT2D eigenvalue weighted by atomic mass is 15.1. The van der Waals surface area contributed by atoms with Gasteiger partial charge in [0.2, 0.25) is 5.95 Å². The van der Waals surface area contributed by atoms with Gasteiger partial charge in [0.15, 0.2) is 0 Å². The van der Waals surface area contributed by atoms with Crippen LogP contribution in [-0.2, 0) is 6.54 Å². The lowest BCUT2D eigenvalue weighted by molar-refractivity contribution is 0.964. The summed E-state index contributed by atoms with van der Waals surface area (Å²) in [7, 11) is 0. The van der Waals surface area contributed by atoms with E-state index in [-0.39, 0.29) is 0 Å². The van der Waals surface area contributed by atoms with Crippen molar-refractivity contribution in [2.45, 2.75) is 25.3 Å². The van der Waals surface area contributed by atoms with E-state index in [1.165, 1.54) is 12.8 Å². The molecule has 6 nitrogen and oxygen atoms in total. The largest absolute Gasteiger partial charge is 0.350 e. The zero-order valence-electron chi connectivity index (χ0n) is 12.6. The van der Waals surface area contributed by atoms with Crippen LogP contribution in [0.2, 0.25) is 0 Å². The van der Waals surface area contributed by atoms with Gasteiger partial charge in [-0.15, -0.1) is 0 Å². The van der Waals surface area contributed by atoms with Crippen LogP contribution in [0.15, 0.2) is 49.3 Å². The average molecular weight is 304 g/mol. The van der Waals surface area contributed by atoms with E-state index in [2.05, 4.69) is 25.3 Å². The Morgan fingerprint density at radius 1 is 0.957 bits per heavy atom. The number of pyridine rings is 1. The van der Waals surface area contributed by atoms with E-state index >= 15 is 0 Å². The molecular weight excluding hydrogens is 288 g/mol. The van der Waals surface area contributed by atoms with E-state index in [0.717, 1.165) is 22.5 Å². The molecular formula is C17H16N6. The first-order valence-corrected chi connectivity index (χ1v) is 7.66. The molecule has 0 atom stereocenters. The van der Waals surface area contributed by atoms with Gasteiger partial charge in [0.25, 0.3) is 0 Å². The van der Waals surface area contributed by atoms with Gasteiger partial charge >= 0.3 is 0 Å². The summed E-state index contributed by atoms with van der Waals surface area (Å²) in [6.07, 6.45) is 12.9. The summed E-state index contributed by atoms with van der Waals surface area (Å²) in [5, 5.41) is 3.28. The number of rotatable bonds is 5. The Kier molecular flexibility index (Phi) is 3.63. The lowest BCUT2D eigenvalue weighted by Gasteiger charge is -2.10. The van der Waals surface area contributed by atoms with Gasteiger partial charge in [0, 0.05) is 49.0 Å². The smallest absolute Gasteiger partial charge is 0.223 e. The Balaban J connectivity index is 1.59. The van der Waals surface area contributed by atoms with Gasteiger partial charge in [-0.2, -0.15) is 0 Å². The molecule has 1 N–H and O–H groups in total. The molecule has 4 rings (SSSR count). The second-order valence-corrected chi connectivity index (χ2v) is 5.57. The van der Waals surface area contributed by atoms with Gasteiger partial charge in [-0.25, -0.2) is 9.97 Å². The van der Waals surface area contributed by atoms with Crippen LogP contribution in [0.1, 0.15) is 30.0 Å². The Morgan fingerprint density at radius 3 is 2.57 bits per heavy atom. The molecule has 3 aromatic rings. The zero-order valence-corrected chi connectivity index (χ0v) is 12.6. The fourth-order valence-corrected chi connectivity index (χ4v) is 2.47. The summed E-state index contributed by atoms with van der Waals surface area (Å²) in [6.45, 7) is 0.678. The molecule has 0 radical (unpaired) electrons. The topological polar surface area (TPSA) is 76.5 Å². The predicted octanol–water partition coefficient (Wildman–Crippen LogP) is 2.82. The number of hydrogen-bond acceptors (Lipinski definition) is 6. The first-order chi connectivity index (χ1) is 11.4. The number of hydrogen-bond donors (Lipinski definition) is 1. The summed E-state index contributed by atoms with van der Waals surface area (Å²) in [5.41, 5.74) is 4.03. The highest BCUT2D eigenvalue weighted by Crippen LogP contribution is 2.43. The van der Waals surface area contributed by atoms with E-state index in [9.17, 15) is 0 Å². The van der Waals surface area contributed by atoms with Crippen molar-refractivity contribution in [1.29, 1.82) is 0 Å². The lowest BCUT2D eigenvalue weighted by atomic mass is 10.1. The summed E-state index contributed by atoms with van der Waals surface area (Å²) in [6, 6.07) is 3.95. The molecule has 1 saturated carbocycles. The molecule has 1 aliphatic carbocycles. The quantitative estimate of drug-likeness (QED) is 0.781. The van der Waals surface area contributed by atoms with Crippen molar-refractivity contribution < 1.29 is 0 Å². The summed E-state index contributed by atoms with van der Waals surface area (Å²) in [4.78, 5) is 21.7. The van der Waals surface area contributed by atoms with E-state index in [4.69, 9.17) is 4.98 Å². The molecule has 1 fully saturated rings. The molecule has 6 heteroatoms. The second kappa shape index (κ2) is 6.08. The van der Waals surface area contributed by atoms with Crippen LogP contribution in [0.25, 0.3) is 11.3 Å². The maximum Gasteiger partial charge on any atom is 0.223 e. The zero-order chi connectivity index (χ0) is 15.5. The Labute approximate surface area is 134 Å². The van der Waals surface area contributed by atoms with Crippen LogP contribution in [0.4, 0.5) is 5.95 Å². The first kappa shape index (κ1) is 13.8. The van der Waals surface area contributed by atoms with Crippen molar-refractivity contribution in [2.24, 2.45) is 0 Å². The average Bonchev–Trinajstić information content (AvgIpc) is 3.46. The number of aromatic nitrogens is 5. The molecule has 114 valence electrons. The molecule has 3 heterocycles. The highest BCUT2D eigenvalue weighted by molar-refractivity contribution is 5.62. The standard InChI is InChI=1S/C17H16N6/c1-2-13(1)16-14(15-11-19-7-8-20-15)10-22-17(23-16)21-9-12-3-5-18-6-4-12/h3-8,10-11,13H,1-2,9H2,(H,21,22,23). The summed E-state index contributed by atoms with van der Waals surface area (Å²) < 4.78 is 0. The Hall–Kier alpha value is -2.89. The monoisotopic (exact) mass is 304 g/mol. The molecule has 23 heavy (non-hydrogen) atoms. The summed E-state index contributed by atoms with van der Waals surface area (Å²) >= 11 is 0. The third-order valence-corrected chi connectivity index (χ3v) is 3.82. The fourth-order valence-electron chi connectivity index (χ4n) is 2.47. The first-order valence-electron chi connectivity index (χ1n) is 7.66. The van der Waals surface area contributed by atoms with Gasteiger partial charge < -0.3 is 5.32 Å². The third kappa shape index (κ3) is 3.15. The molecule has 0 aliphatic heterocycles. The molecule has 0 unspecified atom stereocenters. The van der Waals surface area contributed by atoms with Crippen LogP contribution in [-0.4, -0.2) is 24.9 Å². The maximum absolute atomic E-state index is 4.72. The Morgan fingerprint density at radius 2 is 1.83 bits per heavy atom. The molecule has 0 spiro atoms. The minimum absolute atomic E-state index is 0.511. The van der Waals surface area contributed by atoms with Gasteiger partial charge in [-0.1, -0.05) is 0 Å². The molecule has 0 aromatic carbocycles. The number of nitrogens with one attached hydrogen (secondary N) is 1. The van der Waals surface area contributed by atoms with E-state index in [1.54, 1.807) is 31.0 Å². The minimum atomic E-state index is 0.511. The predicted molar refractivity (Wildman–Crippen MR) is 86.6 cm³/mol. The van der Waals surface area contributed by atoms with Crippen LogP contribution >= 0.6 is 0 Å². The number of nitrogens with zero attached hydrogens (tertiary/aromatic N) is 5. The van der Waals surface area contributed by atoms with E-state index in [1.807, 2.05) is 18.3 Å². The van der Waals surface area contributed by atoms with Crippen molar-refractivity contribution >= 4 is 5.95 Å². The lowest BCUT2D eigenvalue weighted by Crippen LogP contribution is -2.06. The fraction of sp³-hybridized carbons (Fsp3) is 0.235. The molecule has 1 aliphatic rings. The highest BCUT2D eigenvalue weighted by Gasteiger charge is 2.29. The van der Waals surface area contributed by atoms with Crippen molar-refractivity contribution in [3.8, 4) is 11.3 Å². The van der Waals surface area contributed by atoms with Crippen molar-refractivity contribution in [3.05, 3.63) is 60.6 Å². The number of anilines is 1. The van der Waals surface area contributed by atoms with Crippen LogP contribution in [0.3, 0.4) is 0 Å². The van der Waals surface area contributed by atoms with Crippen molar-refractivity contribution in [1.82, 2.24) is 24.9 Å². The molecule has 0 bridgehead atoms. The normalized spacial score (nSPS) is 13.7. The maximum atomic E-state index is 4.72. The third-order valence-electron chi connectivity index (χ3n) is 3.82. The van der Waals surface area contributed by atoms with Crippen LogP contribution < -0.4 is 5.32 Å². The van der Waals surface area contributed by atoms with Gasteiger partial charge in [-0.05, 0) is 30.5 Å². The van der Waals surface area contributed by atoms with Gasteiger partial charge in [-0.3, -0.25) is 15.0 Å². The van der Waals surface area contributed by atoms with Gasteiger partial charge in [0.1, 0.15) is 0 Å². The molecule has 0 amide bonds. The summed E-state index contributed by atoms with van der Waals surface area (Å²) in [5.74, 6) is 1.16. The van der Waals surface area contributed by atoms with E-state index < -0.39 is 0 Å². The van der Waals surface area contributed by atoms with Crippen molar-refractivity contribution in [2.75, 3.05) is 5.32 Å². The van der Waals surface area contributed by atoms with Crippen LogP contribution in [0, 0.1) is 0 Å². The Bertz CT molecular complexity index is 787. The van der Waals surface area contributed by atoms with Gasteiger partial charge in [0.05, 0.1) is 17.6 Å². The minimum Gasteiger partial charge on any atom is -0.350 e. The van der Waals surface area contributed by atoms with Crippen LogP contribution in [0.5, 0.6) is 0 Å².